The van der Waals surface area contributed by atoms with Crippen molar-refractivity contribution < 1.29 is 29.3 Å². The zero-order chi connectivity index (χ0) is 18.0. The molecule has 6 nitrogen and oxygen atoms in total. The van der Waals surface area contributed by atoms with E-state index in [1.165, 1.54) is 36.4 Å². The first-order valence-electron chi connectivity index (χ1n) is 7.27. The van der Waals surface area contributed by atoms with Crippen LogP contribution in [0.15, 0.2) is 60.7 Å². The lowest BCUT2D eigenvalue weighted by atomic mass is 10.0. The third kappa shape index (κ3) is 3.48. The Bertz CT molecular complexity index is 988. The number of fused-ring (bicyclic) bond motifs is 1. The third-order valence-electron chi connectivity index (χ3n) is 3.63. The fourth-order valence-corrected chi connectivity index (χ4v) is 2.34. The minimum atomic E-state index is -1.06. The van der Waals surface area contributed by atoms with Crippen LogP contribution in [0.2, 0.25) is 0 Å². The molecule has 3 aromatic carbocycles. The van der Waals surface area contributed by atoms with Crippen LogP contribution in [0, 0.1) is 0 Å². The second kappa shape index (κ2) is 6.45. The van der Waals surface area contributed by atoms with E-state index in [2.05, 4.69) is 0 Å². The van der Waals surface area contributed by atoms with Gasteiger partial charge in [0.25, 0.3) is 0 Å². The molecule has 0 unspecified atom stereocenters. The molecule has 0 aliphatic carbocycles. The molecular weight excluding hydrogens is 324 g/mol. The summed E-state index contributed by atoms with van der Waals surface area (Å²) in [7, 11) is 0. The predicted octanol–water partition coefficient (Wildman–Crippen LogP) is 3.46. The SMILES string of the molecule is O=C(O)c1ccc(OC(=O)c2ccc3cc(C(=O)O)ccc3c2)cc1. The summed E-state index contributed by atoms with van der Waals surface area (Å²) >= 11 is 0. The lowest BCUT2D eigenvalue weighted by Crippen LogP contribution is -2.08. The molecule has 0 aromatic heterocycles. The molecule has 0 radical (unpaired) electrons. The normalized spacial score (nSPS) is 10.4. The molecule has 0 spiro atoms. The van der Waals surface area contributed by atoms with E-state index in [4.69, 9.17) is 14.9 Å². The molecule has 2 N–H and O–H groups in total. The van der Waals surface area contributed by atoms with Gasteiger partial charge in [-0.25, -0.2) is 14.4 Å². The average Bonchev–Trinajstić information content (AvgIpc) is 2.61. The summed E-state index contributed by atoms with van der Waals surface area (Å²) in [4.78, 5) is 34.0. The maximum atomic E-state index is 12.2. The number of hydrogen-bond acceptors (Lipinski definition) is 4. The van der Waals surface area contributed by atoms with Crippen molar-refractivity contribution in [1.82, 2.24) is 0 Å². The van der Waals surface area contributed by atoms with Gasteiger partial charge in [-0.15, -0.1) is 0 Å². The maximum absolute atomic E-state index is 12.2. The number of carboxylic acid groups (broad SMARTS) is 2. The fourth-order valence-electron chi connectivity index (χ4n) is 2.34. The molecule has 0 bridgehead atoms. The fraction of sp³-hybridized carbons (Fsp3) is 0. The van der Waals surface area contributed by atoms with E-state index in [0.717, 1.165) is 0 Å². The first-order chi connectivity index (χ1) is 11.9. The molecule has 0 aliphatic rings. The van der Waals surface area contributed by atoms with Gasteiger partial charge in [-0.05, 0) is 59.3 Å². The van der Waals surface area contributed by atoms with E-state index in [1.807, 2.05) is 0 Å². The van der Waals surface area contributed by atoms with Crippen LogP contribution in [0.25, 0.3) is 10.8 Å². The van der Waals surface area contributed by atoms with Crippen LogP contribution >= 0.6 is 0 Å². The summed E-state index contributed by atoms with van der Waals surface area (Å²) in [6.07, 6.45) is 0. The molecule has 3 rings (SSSR count). The van der Waals surface area contributed by atoms with Crippen molar-refractivity contribution >= 4 is 28.7 Å². The lowest BCUT2D eigenvalue weighted by Gasteiger charge is -2.06. The van der Waals surface area contributed by atoms with E-state index in [-0.39, 0.29) is 16.9 Å². The molecule has 0 aliphatic heterocycles. The number of rotatable bonds is 4. The Kier molecular flexibility index (Phi) is 4.18. The Hall–Kier alpha value is -3.67. The van der Waals surface area contributed by atoms with Crippen molar-refractivity contribution in [2.75, 3.05) is 0 Å². The van der Waals surface area contributed by atoms with Gasteiger partial charge in [-0.1, -0.05) is 12.1 Å². The Morgan fingerprint density at radius 1 is 0.640 bits per heavy atom. The molecule has 3 aromatic rings. The first kappa shape index (κ1) is 16.2. The number of esters is 1. The molecule has 124 valence electrons. The second-order valence-electron chi connectivity index (χ2n) is 5.30. The Balaban J connectivity index is 1.83. The quantitative estimate of drug-likeness (QED) is 0.559. The molecular formula is C19H12O6. The van der Waals surface area contributed by atoms with E-state index in [1.54, 1.807) is 24.3 Å². The molecule has 0 saturated carbocycles. The summed E-state index contributed by atoms with van der Waals surface area (Å²) in [6, 6.07) is 14.9. The van der Waals surface area contributed by atoms with E-state index in [9.17, 15) is 14.4 Å². The average molecular weight is 336 g/mol. The Morgan fingerprint density at radius 2 is 1.12 bits per heavy atom. The molecule has 0 amide bonds. The summed E-state index contributed by atoms with van der Waals surface area (Å²) in [5.41, 5.74) is 0.568. The molecule has 0 atom stereocenters. The highest BCUT2D eigenvalue weighted by Crippen LogP contribution is 2.20. The van der Waals surface area contributed by atoms with E-state index < -0.39 is 17.9 Å². The van der Waals surface area contributed by atoms with E-state index in [0.29, 0.717) is 16.3 Å². The topological polar surface area (TPSA) is 101 Å². The van der Waals surface area contributed by atoms with Gasteiger partial charge in [0.2, 0.25) is 0 Å². The van der Waals surface area contributed by atoms with Gasteiger partial charge in [0, 0.05) is 0 Å². The molecule has 25 heavy (non-hydrogen) atoms. The van der Waals surface area contributed by atoms with Crippen LogP contribution < -0.4 is 4.74 Å². The lowest BCUT2D eigenvalue weighted by molar-refractivity contribution is 0.0686. The molecule has 0 fully saturated rings. The highest BCUT2D eigenvalue weighted by Gasteiger charge is 2.11. The van der Waals surface area contributed by atoms with Gasteiger partial charge in [0.1, 0.15) is 5.75 Å². The predicted molar refractivity (Wildman–Crippen MR) is 89.3 cm³/mol. The Labute approximate surface area is 141 Å². The zero-order valence-corrected chi connectivity index (χ0v) is 12.8. The number of carboxylic acids is 2. The smallest absolute Gasteiger partial charge is 0.343 e. The highest BCUT2D eigenvalue weighted by molar-refractivity contribution is 5.99. The van der Waals surface area contributed by atoms with Gasteiger partial charge in [-0.2, -0.15) is 0 Å². The molecule has 0 saturated heterocycles. The minimum absolute atomic E-state index is 0.0970. The van der Waals surface area contributed by atoms with Gasteiger partial charge in [-0.3, -0.25) is 0 Å². The monoisotopic (exact) mass is 336 g/mol. The van der Waals surface area contributed by atoms with Crippen LogP contribution in [0.5, 0.6) is 5.75 Å². The summed E-state index contributed by atoms with van der Waals surface area (Å²) in [5, 5.41) is 19.2. The van der Waals surface area contributed by atoms with Crippen molar-refractivity contribution in [2.45, 2.75) is 0 Å². The minimum Gasteiger partial charge on any atom is -0.478 e. The van der Waals surface area contributed by atoms with Crippen LogP contribution in [0.3, 0.4) is 0 Å². The van der Waals surface area contributed by atoms with Crippen LogP contribution in [-0.4, -0.2) is 28.1 Å². The third-order valence-corrected chi connectivity index (χ3v) is 3.63. The number of ether oxygens (including phenoxy) is 1. The van der Waals surface area contributed by atoms with Gasteiger partial charge in [0.05, 0.1) is 16.7 Å². The van der Waals surface area contributed by atoms with Crippen LogP contribution in [-0.2, 0) is 0 Å². The van der Waals surface area contributed by atoms with Crippen LogP contribution in [0.4, 0.5) is 0 Å². The summed E-state index contributed by atoms with van der Waals surface area (Å²) < 4.78 is 5.22. The van der Waals surface area contributed by atoms with Crippen molar-refractivity contribution in [3.63, 3.8) is 0 Å². The van der Waals surface area contributed by atoms with Gasteiger partial charge >= 0.3 is 17.9 Å². The van der Waals surface area contributed by atoms with Crippen molar-refractivity contribution in [3.05, 3.63) is 77.4 Å². The van der Waals surface area contributed by atoms with Gasteiger partial charge < -0.3 is 14.9 Å². The zero-order valence-electron chi connectivity index (χ0n) is 12.8. The van der Waals surface area contributed by atoms with Crippen molar-refractivity contribution in [3.8, 4) is 5.75 Å². The number of carbonyl (C=O) groups is 3. The van der Waals surface area contributed by atoms with Crippen molar-refractivity contribution in [2.24, 2.45) is 0 Å². The van der Waals surface area contributed by atoms with E-state index >= 15 is 0 Å². The molecule has 6 heteroatoms. The maximum Gasteiger partial charge on any atom is 0.343 e. The Morgan fingerprint density at radius 3 is 1.68 bits per heavy atom. The number of benzene rings is 3. The first-order valence-corrected chi connectivity index (χ1v) is 7.27. The van der Waals surface area contributed by atoms with Crippen LogP contribution in [0.1, 0.15) is 31.1 Å². The summed E-state index contributed by atoms with van der Waals surface area (Å²) in [6.45, 7) is 0. The van der Waals surface area contributed by atoms with Gasteiger partial charge in [0.15, 0.2) is 0 Å². The number of carbonyl (C=O) groups excluding carboxylic acids is 1. The number of hydrogen-bond donors (Lipinski definition) is 2. The summed E-state index contributed by atoms with van der Waals surface area (Å²) in [5.74, 6) is -2.44. The highest BCUT2D eigenvalue weighted by atomic mass is 16.5. The largest absolute Gasteiger partial charge is 0.478 e. The standard InChI is InChI=1S/C19H12O6/c20-17(21)11-5-7-16(8-6-11)25-19(24)15-4-2-12-9-14(18(22)23)3-1-13(12)10-15/h1-10H,(H,20,21)(H,22,23). The van der Waals surface area contributed by atoms with Crippen molar-refractivity contribution in [1.29, 1.82) is 0 Å². The number of aromatic carboxylic acids is 2. The second-order valence-corrected chi connectivity index (χ2v) is 5.30. The molecule has 0 heterocycles.